The van der Waals surface area contributed by atoms with Gasteiger partial charge in [-0.3, -0.25) is 0 Å². The molecule has 0 aliphatic rings. The summed E-state index contributed by atoms with van der Waals surface area (Å²) in [5.41, 5.74) is 5.04. The molecule has 168 valence electrons. The molecule has 0 saturated heterocycles. The van der Waals surface area contributed by atoms with Crippen LogP contribution in [-0.4, -0.2) is 13.2 Å². The lowest BCUT2D eigenvalue weighted by molar-refractivity contribution is 0.217. The summed E-state index contributed by atoms with van der Waals surface area (Å²) in [6.07, 6.45) is 0. The van der Waals surface area contributed by atoms with Gasteiger partial charge in [0.1, 0.15) is 24.7 Å². The number of hydrogen-bond donors (Lipinski definition) is 0. The monoisotopic (exact) mass is 444 g/mol. The molecule has 0 aliphatic carbocycles. The summed E-state index contributed by atoms with van der Waals surface area (Å²) in [6.45, 7) is 1.11. The Bertz CT molecular complexity index is 1130. The lowest BCUT2D eigenvalue weighted by Gasteiger charge is -2.07. The highest BCUT2D eigenvalue weighted by Crippen LogP contribution is 2.25. The maximum atomic E-state index is 5.50. The molecular formula is C32H28O2. The van der Waals surface area contributed by atoms with E-state index in [1.807, 2.05) is 72.8 Å². The molecule has 0 N–H and O–H groups in total. The standard InChI is InChI=1S/C18H14.C14H14O2/c1-3-8-15(9-4-1)17-12-7-13-18(14-17)16-10-5-2-6-11-16;1-3-7-13(8-4-1)15-11-12-16-14-9-5-2-6-10-14/h1-14H;1-10H,11-12H2. The van der Waals surface area contributed by atoms with Crippen LogP contribution >= 0.6 is 0 Å². The van der Waals surface area contributed by atoms with Crippen LogP contribution in [0.25, 0.3) is 22.3 Å². The van der Waals surface area contributed by atoms with Gasteiger partial charge in [-0.15, -0.1) is 0 Å². The molecule has 0 atom stereocenters. The number of ether oxygens (including phenoxy) is 2. The highest BCUT2D eigenvalue weighted by atomic mass is 16.5. The van der Waals surface area contributed by atoms with E-state index in [0.717, 1.165) is 11.5 Å². The fourth-order valence-corrected chi connectivity index (χ4v) is 3.49. The van der Waals surface area contributed by atoms with Crippen molar-refractivity contribution in [1.82, 2.24) is 0 Å². The zero-order chi connectivity index (χ0) is 23.3. The van der Waals surface area contributed by atoms with Crippen LogP contribution in [0.1, 0.15) is 0 Å². The third-order valence-electron chi connectivity index (χ3n) is 5.18. The predicted octanol–water partition coefficient (Wildman–Crippen LogP) is 8.17. The molecule has 0 fully saturated rings. The Morgan fingerprint density at radius 2 is 0.647 bits per heavy atom. The van der Waals surface area contributed by atoms with Gasteiger partial charge in [0.2, 0.25) is 0 Å². The van der Waals surface area contributed by atoms with E-state index in [1.165, 1.54) is 22.3 Å². The van der Waals surface area contributed by atoms with Crippen LogP contribution in [0.4, 0.5) is 0 Å². The van der Waals surface area contributed by atoms with Gasteiger partial charge in [-0.2, -0.15) is 0 Å². The third kappa shape index (κ3) is 7.11. The summed E-state index contributed by atoms with van der Waals surface area (Å²) in [4.78, 5) is 0. The van der Waals surface area contributed by atoms with Crippen molar-refractivity contribution >= 4 is 0 Å². The number of para-hydroxylation sites is 2. The van der Waals surface area contributed by atoms with Crippen LogP contribution in [0, 0.1) is 0 Å². The van der Waals surface area contributed by atoms with Gasteiger partial charge in [-0.05, 0) is 52.6 Å². The minimum Gasteiger partial charge on any atom is -0.490 e. The predicted molar refractivity (Wildman–Crippen MR) is 141 cm³/mol. The second-order valence-corrected chi connectivity index (χ2v) is 7.64. The average molecular weight is 445 g/mol. The van der Waals surface area contributed by atoms with Crippen molar-refractivity contribution in [3.05, 3.63) is 146 Å². The molecule has 0 bridgehead atoms. The minimum atomic E-state index is 0.554. The van der Waals surface area contributed by atoms with Crippen LogP contribution in [0.15, 0.2) is 146 Å². The SMILES string of the molecule is c1ccc(-c2cccc(-c3ccccc3)c2)cc1.c1ccc(OCCOc2ccccc2)cc1. The van der Waals surface area contributed by atoms with Crippen molar-refractivity contribution in [2.75, 3.05) is 13.2 Å². The van der Waals surface area contributed by atoms with Crippen LogP contribution in [0.3, 0.4) is 0 Å². The van der Waals surface area contributed by atoms with E-state index in [4.69, 9.17) is 9.47 Å². The third-order valence-corrected chi connectivity index (χ3v) is 5.18. The molecule has 5 aromatic carbocycles. The molecule has 0 aromatic heterocycles. The first-order valence-corrected chi connectivity index (χ1v) is 11.4. The minimum absolute atomic E-state index is 0.554. The Balaban J connectivity index is 0.000000162. The first-order chi connectivity index (χ1) is 16.9. The summed E-state index contributed by atoms with van der Waals surface area (Å²) in [7, 11) is 0. The Morgan fingerprint density at radius 1 is 0.324 bits per heavy atom. The molecule has 0 radical (unpaired) electrons. The Labute approximate surface area is 202 Å². The molecule has 0 saturated carbocycles. The highest BCUT2D eigenvalue weighted by Gasteiger charge is 2.00. The summed E-state index contributed by atoms with van der Waals surface area (Å²) >= 11 is 0. The first kappa shape index (κ1) is 22.9. The zero-order valence-corrected chi connectivity index (χ0v) is 19.1. The number of benzene rings is 5. The van der Waals surface area contributed by atoms with E-state index in [2.05, 4.69) is 72.8 Å². The lowest BCUT2D eigenvalue weighted by Crippen LogP contribution is -2.08. The Kier molecular flexibility index (Phi) is 8.52. The van der Waals surface area contributed by atoms with Crippen LogP contribution in [-0.2, 0) is 0 Å². The van der Waals surface area contributed by atoms with Gasteiger partial charge < -0.3 is 9.47 Å². The van der Waals surface area contributed by atoms with Gasteiger partial charge in [0, 0.05) is 0 Å². The fraction of sp³-hybridized carbons (Fsp3) is 0.0625. The van der Waals surface area contributed by atoms with Crippen molar-refractivity contribution in [1.29, 1.82) is 0 Å². The largest absolute Gasteiger partial charge is 0.490 e. The molecule has 0 amide bonds. The van der Waals surface area contributed by atoms with E-state index in [-0.39, 0.29) is 0 Å². The van der Waals surface area contributed by atoms with Crippen LogP contribution in [0.2, 0.25) is 0 Å². The summed E-state index contributed by atoms with van der Waals surface area (Å²) in [5.74, 6) is 1.75. The topological polar surface area (TPSA) is 18.5 Å². The van der Waals surface area contributed by atoms with Crippen molar-refractivity contribution in [2.45, 2.75) is 0 Å². The normalized spacial score (nSPS) is 10.0. The molecule has 34 heavy (non-hydrogen) atoms. The summed E-state index contributed by atoms with van der Waals surface area (Å²) < 4.78 is 11.0. The molecule has 2 heteroatoms. The van der Waals surface area contributed by atoms with E-state index in [9.17, 15) is 0 Å². The van der Waals surface area contributed by atoms with Crippen molar-refractivity contribution in [2.24, 2.45) is 0 Å². The Hall–Kier alpha value is -4.30. The molecule has 0 aliphatic heterocycles. The van der Waals surface area contributed by atoms with Crippen LogP contribution in [0.5, 0.6) is 11.5 Å². The number of hydrogen-bond acceptors (Lipinski definition) is 2. The van der Waals surface area contributed by atoms with Crippen LogP contribution < -0.4 is 9.47 Å². The lowest BCUT2D eigenvalue weighted by atomic mass is 9.99. The Morgan fingerprint density at radius 3 is 1.03 bits per heavy atom. The van der Waals surface area contributed by atoms with E-state index < -0.39 is 0 Å². The molecule has 0 heterocycles. The maximum Gasteiger partial charge on any atom is 0.122 e. The number of rotatable bonds is 7. The summed E-state index contributed by atoms with van der Waals surface area (Å²) in [6, 6.07) is 49.1. The summed E-state index contributed by atoms with van der Waals surface area (Å²) in [5, 5.41) is 0. The van der Waals surface area contributed by atoms with Gasteiger partial charge in [0.15, 0.2) is 0 Å². The maximum absolute atomic E-state index is 5.50. The van der Waals surface area contributed by atoms with Crippen molar-refractivity contribution in [3.63, 3.8) is 0 Å². The van der Waals surface area contributed by atoms with Gasteiger partial charge >= 0.3 is 0 Å². The van der Waals surface area contributed by atoms with Crippen molar-refractivity contribution < 1.29 is 9.47 Å². The highest BCUT2D eigenvalue weighted by molar-refractivity contribution is 5.72. The smallest absolute Gasteiger partial charge is 0.122 e. The fourth-order valence-electron chi connectivity index (χ4n) is 3.49. The second-order valence-electron chi connectivity index (χ2n) is 7.64. The molecule has 5 rings (SSSR count). The average Bonchev–Trinajstić information content (AvgIpc) is 2.94. The molecule has 0 spiro atoms. The van der Waals surface area contributed by atoms with Gasteiger partial charge in [-0.25, -0.2) is 0 Å². The molecular weight excluding hydrogens is 416 g/mol. The van der Waals surface area contributed by atoms with E-state index in [0.29, 0.717) is 13.2 Å². The quantitative estimate of drug-likeness (QED) is 0.236. The first-order valence-electron chi connectivity index (χ1n) is 11.4. The van der Waals surface area contributed by atoms with E-state index >= 15 is 0 Å². The van der Waals surface area contributed by atoms with Gasteiger partial charge in [0.05, 0.1) is 0 Å². The van der Waals surface area contributed by atoms with E-state index in [1.54, 1.807) is 0 Å². The second kappa shape index (κ2) is 12.7. The van der Waals surface area contributed by atoms with Crippen molar-refractivity contribution in [3.8, 4) is 33.8 Å². The van der Waals surface area contributed by atoms with Gasteiger partial charge in [-0.1, -0.05) is 115 Å². The van der Waals surface area contributed by atoms with Gasteiger partial charge in [0.25, 0.3) is 0 Å². The zero-order valence-electron chi connectivity index (χ0n) is 19.1. The molecule has 0 unspecified atom stereocenters. The molecule has 2 nitrogen and oxygen atoms in total. The molecule has 5 aromatic rings.